The molecule has 1 rings (SSSR count). The van der Waals surface area contributed by atoms with Crippen molar-refractivity contribution in [1.82, 2.24) is 0 Å². The number of hydrogen-bond donors (Lipinski definition) is 0. The smallest absolute Gasteiger partial charge is 0.387 e. The van der Waals surface area contributed by atoms with Crippen LogP contribution in [-0.2, 0) is 0 Å². The van der Waals surface area contributed by atoms with Gasteiger partial charge in [-0.2, -0.15) is 8.78 Å². The Labute approximate surface area is 82.4 Å². The lowest BCUT2D eigenvalue weighted by molar-refractivity contribution is -0.385. The quantitative estimate of drug-likeness (QED) is 0.582. The number of ether oxygens (including phenoxy) is 1. The molecule has 0 fully saturated rings. The van der Waals surface area contributed by atoms with Crippen molar-refractivity contribution in [3.63, 3.8) is 0 Å². The van der Waals surface area contributed by atoms with Gasteiger partial charge in [0.05, 0.1) is 16.6 Å². The zero-order valence-electron chi connectivity index (χ0n) is 7.54. The number of rotatable bonds is 3. The van der Waals surface area contributed by atoms with Gasteiger partial charge in [-0.15, -0.1) is 0 Å². The molecule has 0 spiro atoms. The van der Waals surface area contributed by atoms with Gasteiger partial charge >= 0.3 is 6.61 Å². The molecule has 0 heterocycles. The molecule has 0 N–H and O–H groups in total. The van der Waals surface area contributed by atoms with Crippen LogP contribution < -0.4 is 4.74 Å². The Morgan fingerprint density at radius 3 is 2.53 bits per heavy atom. The summed E-state index contributed by atoms with van der Waals surface area (Å²) in [6.07, 6.45) is 0. The molecule has 0 aliphatic heterocycles. The molecular weight excluding hydrogens is 215 g/mol. The Hall–Kier alpha value is -1.79. The highest BCUT2D eigenvalue weighted by Gasteiger charge is 2.19. The molecule has 15 heavy (non-hydrogen) atoms. The molecule has 1 aromatic rings. The van der Waals surface area contributed by atoms with Crippen LogP contribution in [0, 0.1) is 22.9 Å². The van der Waals surface area contributed by atoms with Crippen molar-refractivity contribution < 1.29 is 22.8 Å². The topological polar surface area (TPSA) is 52.4 Å². The average Bonchev–Trinajstić information content (AvgIpc) is 2.09. The molecule has 0 atom stereocenters. The van der Waals surface area contributed by atoms with Gasteiger partial charge in [0, 0.05) is 6.07 Å². The fraction of sp³-hybridized carbons (Fsp3) is 0.250. The van der Waals surface area contributed by atoms with Crippen molar-refractivity contribution in [1.29, 1.82) is 0 Å². The van der Waals surface area contributed by atoms with Gasteiger partial charge in [0.1, 0.15) is 11.6 Å². The summed E-state index contributed by atoms with van der Waals surface area (Å²) < 4.78 is 40.4. The van der Waals surface area contributed by atoms with Crippen LogP contribution in [0.3, 0.4) is 0 Å². The number of hydrogen-bond acceptors (Lipinski definition) is 3. The summed E-state index contributed by atoms with van der Waals surface area (Å²) in [7, 11) is 0. The van der Waals surface area contributed by atoms with Gasteiger partial charge in [0.2, 0.25) is 0 Å². The van der Waals surface area contributed by atoms with E-state index in [9.17, 15) is 23.3 Å². The Morgan fingerprint density at radius 2 is 2.07 bits per heavy atom. The van der Waals surface area contributed by atoms with Crippen LogP contribution in [0.25, 0.3) is 0 Å². The van der Waals surface area contributed by atoms with E-state index >= 15 is 0 Å². The molecule has 0 aromatic heterocycles. The van der Waals surface area contributed by atoms with Crippen LogP contribution in [0.15, 0.2) is 12.1 Å². The van der Waals surface area contributed by atoms with Crippen LogP contribution in [0.5, 0.6) is 5.75 Å². The predicted molar refractivity (Wildman–Crippen MR) is 44.4 cm³/mol. The van der Waals surface area contributed by atoms with E-state index in [1.807, 2.05) is 0 Å². The Kier molecular flexibility index (Phi) is 3.13. The van der Waals surface area contributed by atoms with E-state index < -0.39 is 28.8 Å². The molecular formula is C8H6F3NO3. The number of nitro benzene ring substituents is 1. The third-order valence-corrected chi connectivity index (χ3v) is 1.71. The third-order valence-electron chi connectivity index (χ3n) is 1.71. The largest absolute Gasteiger partial charge is 0.434 e. The molecule has 0 bridgehead atoms. The highest BCUT2D eigenvalue weighted by Crippen LogP contribution is 2.29. The number of benzene rings is 1. The minimum Gasteiger partial charge on any atom is -0.434 e. The van der Waals surface area contributed by atoms with Gasteiger partial charge in [0.25, 0.3) is 5.69 Å². The maximum absolute atomic E-state index is 12.8. The SMILES string of the molecule is Cc1c(OC(F)F)cc(F)cc1[N+](=O)[O-]. The van der Waals surface area contributed by atoms with E-state index in [2.05, 4.69) is 4.74 Å². The van der Waals surface area contributed by atoms with Crippen LogP contribution >= 0.6 is 0 Å². The lowest BCUT2D eigenvalue weighted by atomic mass is 10.2. The number of nitro groups is 1. The number of nitrogens with zero attached hydrogens (tertiary/aromatic N) is 1. The van der Waals surface area contributed by atoms with Crippen molar-refractivity contribution in [3.8, 4) is 5.75 Å². The summed E-state index contributed by atoms with van der Waals surface area (Å²) in [5.74, 6) is -1.53. The monoisotopic (exact) mass is 221 g/mol. The lowest BCUT2D eigenvalue weighted by Crippen LogP contribution is -2.05. The van der Waals surface area contributed by atoms with Gasteiger partial charge in [-0.25, -0.2) is 4.39 Å². The van der Waals surface area contributed by atoms with E-state index in [0.717, 1.165) is 0 Å². The maximum Gasteiger partial charge on any atom is 0.387 e. The minimum absolute atomic E-state index is 0.137. The molecule has 0 saturated heterocycles. The maximum atomic E-state index is 12.8. The summed E-state index contributed by atoms with van der Waals surface area (Å²) in [4.78, 5) is 9.54. The van der Waals surface area contributed by atoms with Crippen molar-refractivity contribution in [2.45, 2.75) is 13.5 Å². The van der Waals surface area contributed by atoms with Gasteiger partial charge in [-0.3, -0.25) is 10.1 Å². The minimum atomic E-state index is -3.15. The van der Waals surface area contributed by atoms with Crippen molar-refractivity contribution in [3.05, 3.63) is 33.6 Å². The van der Waals surface area contributed by atoms with Crippen molar-refractivity contribution >= 4 is 5.69 Å². The van der Waals surface area contributed by atoms with Crippen LogP contribution in [0.4, 0.5) is 18.9 Å². The molecule has 0 radical (unpaired) electrons. The molecule has 82 valence electrons. The molecule has 0 aliphatic rings. The van der Waals surface area contributed by atoms with Gasteiger partial charge in [-0.05, 0) is 6.92 Å². The normalized spacial score (nSPS) is 10.5. The van der Waals surface area contributed by atoms with E-state index in [1.54, 1.807) is 0 Å². The molecule has 0 aliphatic carbocycles. The van der Waals surface area contributed by atoms with Crippen LogP contribution in [0.1, 0.15) is 5.56 Å². The Morgan fingerprint density at radius 1 is 1.47 bits per heavy atom. The van der Waals surface area contributed by atoms with Crippen LogP contribution in [-0.4, -0.2) is 11.5 Å². The molecule has 7 heteroatoms. The summed E-state index contributed by atoms with van der Waals surface area (Å²) in [6, 6.07) is 1.32. The fourth-order valence-electron chi connectivity index (χ4n) is 1.05. The zero-order chi connectivity index (χ0) is 11.6. The second-order valence-electron chi connectivity index (χ2n) is 2.68. The second-order valence-corrected chi connectivity index (χ2v) is 2.68. The number of halogens is 3. The third kappa shape index (κ3) is 2.58. The van der Waals surface area contributed by atoms with Crippen molar-refractivity contribution in [2.24, 2.45) is 0 Å². The average molecular weight is 221 g/mol. The predicted octanol–water partition coefficient (Wildman–Crippen LogP) is 2.64. The van der Waals surface area contributed by atoms with Crippen molar-refractivity contribution in [2.75, 3.05) is 0 Å². The van der Waals surface area contributed by atoms with E-state index in [4.69, 9.17) is 0 Å². The molecule has 4 nitrogen and oxygen atoms in total. The fourth-order valence-corrected chi connectivity index (χ4v) is 1.05. The van der Waals surface area contributed by atoms with E-state index in [0.29, 0.717) is 12.1 Å². The Balaban J connectivity index is 3.22. The molecule has 0 unspecified atom stereocenters. The zero-order valence-corrected chi connectivity index (χ0v) is 7.54. The highest BCUT2D eigenvalue weighted by atomic mass is 19.3. The first-order valence-electron chi connectivity index (χ1n) is 3.81. The lowest BCUT2D eigenvalue weighted by Gasteiger charge is -2.07. The summed E-state index contributed by atoms with van der Waals surface area (Å²) >= 11 is 0. The first-order chi connectivity index (χ1) is 6.91. The first-order valence-corrected chi connectivity index (χ1v) is 3.81. The van der Waals surface area contributed by atoms with Crippen LogP contribution in [0.2, 0.25) is 0 Å². The highest BCUT2D eigenvalue weighted by molar-refractivity contribution is 5.48. The summed E-state index contributed by atoms with van der Waals surface area (Å²) in [6.45, 7) is -1.94. The van der Waals surface area contributed by atoms with Gasteiger partial charge < -0.3 is 4.74 Å². The molecule has 0 saturated carbocycles. The first kappa shape index (κ1) is 11.3. The van der Waals surface area contributed by atoms with E-state index in [-0.39, 0.29) is 5.56 Å². The van der Waals surface area contributed by atoms with E-state index in [1.165, 1.54) is 6.92 Å². The summed E-state index contributed by atoms with van der Waals surface area (Å²) in [5, 5.41) is 10.4. The van der Waals surface area contributed by atoms with Gasteiger partial charge in [-0.1, -0.05) is 0 Å². The summed E-state index contributed by atoms with van der Waals surface area (Å²) in [5.41, 5.74) is -0.729. The Bertz CT molecular complexity index is 395. The molecule has 1 aromatic carbocycles. The second kappa shape index (κ2) is 4.16. The van der Waals surface area contributed by atoms with Gasteiger partial charge in [0.15, 0.2) is 0 Å². The standard InChI is InChI=1S/C8H6F3NO3/c1-4-6(12(13)14)2-5(9)3-7(4)15-8(10)11/h2-3,8H,1H3. The number of alkyl halides is 2. The molecule has 0 amide bonds.